The van der Waals surface area contributed by atoms with Gasteiger partial charge in [0.1, 0.15) is 0 Å². The van der Waals surface area contributed by atoms with Gasteiger partial charge in [0.15, 0.2) is 0 Å². The molecule has 2 rings (SSSR count). The predicted octanol–water partition coefficient (Wildman–Crippen LogP) is 3.69. The maximum Gasteiger partial charge on any atom is 0.0573 e. The molecule has 2 N–H and O–H groups in total. The highest BCUT2D eigenvalue weighted by Crippen LogP contribution is 2.17. The first kappa shape index (κ1) is 15.2. The van der Waals surface area contributed by atoms with Crippen molar-refractivity contribution in [2.45, 2.75) is 27.2 Å². The normalized spacial score (nSPS) is 9.47. The molecule has 19 heavy (non-hydrogen) atoms. The molecule has 1 heterocycles. The molecule has 0 aliphatic rings. The molecular formula is C16H22N2O. The first-order valence-electron chi connectivity index (χ1n) is 6.66. The summed E-state index contributed by atoms with van der Waals surface area (Å²) < 4.78 is 0. The number of aryl methyl sites for hydroxylation is 1. The first-order valence-corrected chi connectivity index (χ1v) is 6.66. The summed E-state index contributed by atoms with van der Waals surface area (Å²) in [6.07, 6.45) is 4.33. The van der Waals surface area contributed by atoms with Crippen LogP contribution in [0.15, 0.2) is 42.7 Å². The van der Waals surface area contributed by atoms with E-state index in [0.717, 1.165) is 22.5 Å². The number of aliphatic hydroxyl groups excluding tert-OH is 1. The number of nitrogens with zero attached hydrogens (tertiary/aromatic N) is 1. The zero-order valence-corrected chi connectivity index (χ0v) is 11.9. The second-order valence-electron chi connectivity index (χ2n) is 4.05. The monoisotopic (exact) mass is 258 g/mol. The van der Waals surface area contributed by atoms with Crippen molar-refractivity contribution in [1.82, 2.24) is 4.98 Å². The van der Waals surface area contributed by atoms with Gasteiger partial charge in [0.05, 0.1) is 11.9 Å². The van der Waals surface area contributed by atoms with Gasteiger partial charge in [-0.25, -0.2) is 0 Å². The van der Waals surface area contributed by atoms with E-state index in [-0.39, 0.29) is 6.61 Å². The molecule has 0 saturated heterocycles. The lowest BCUT2D eigenvalue weighted by Crippen LogP contribution is -1.94. The number of anilines is 2. The van der Waals surface area contributed by atoms with Gasteiger partial charge in [-0.15, -0.1) is 0 Å². The molecule has 1 aromatic carbocycles. The molecule has 0 saturated carbocycles. The molecular weight excluding hydrogens is 236 g/mol. The summed E-state index contributed by atoms with van der Waals surface area (Å²) in [5, 5.41) is 12.1. The van der Waals surface area contributed by atoms with Crippen molar-refractivity contribution in [2.75, 3.05) is 11.9 Å². The smallest absolute Gasteiger partial charge is 0.0573 e. The molecule has 0 aliphatic heterocycles. The quantitative estimate of drug-likeness (QED) is 0.879. The standard InChI is InChI=1S/C14H16N2O.C2H6/c1-11-8-14(10-15-9-11)16-13-4-2-12(3-5-13)6-7-17;1-2/h2-5,8-10,16-17H,6-7H2,1H3;1-2H3. The number of nitrogens with one attached hydrogen (secondary N) is 1. The van der Waals surface area contributed by atoms with E-state index in [1.165, 1.54) is 0 Å². The Hall–Kier alpha value is -1.87. The Balaban J connectivity index is 0.000000861. The number of hydrogen-bond acceptors (Lipinski definition) is 3. The van der Waals surface area contributed by atoms with Crippen molar-refractivity contribution in [2.24, 2.45) is 0 Å². The highest BCUT2D eigenvalue weighted by atomic mass is 16.2. The third-order valence-electron chi connectivity index (χ3n) is 2.52. The van der Waals surface area contributed by atoms with Crippen LogP contribution in [0.25, 0.3) is 0 Å². The topological polar surface area (TPSA) is 45.2 Å². The molecule has 0 fully saturated rings. The molecule has 0 aliphatic carbocycles. The van der Waals surface area contributed by atoms with Crippen LogP contribution in [-0.2, 0) is 6.42 Å². The molecule has 0 spiro atoms. The van der Waals surface area contributed by atoms with Gasteiger partial charge in [-0.05, 0) is 42.7 Å². The van der Waals surface area contributed by atoms with Gasteiger partial charge in [-0.1, -0.05) is 26.0 Å². The van der Waals surface area contributed by atoms with Gasteiger partial charge < -0.3 is 10.4 Å². The zero-order chi connectivity index (χ0) is 14.1. The van der Waals surface area contributed by atoms with Crippen molar-refractivity contribution >= 4 is 11.4 Å². The summed E-state index contributed by atoms with van der Waals surface area (Å²) >= 11 is 0. The van der Waals surface area contributed by atoms with Crippen LogP contribution in [0.3, 0.4) is 0 Å². The molecule has 1 aromatic heterocycles. The number of pyridine rings is 1. The molecule has 0 unspecified atom stereocenters. The average Bonchev–Trinajstić information content (AvgIpc) is 2.44. The van der Waals surface area contributed by atoms with Gasteiger partial charge in [0, 0.05) is 18.5 Å². The van der Waals surface area contributed by atoms with E-state index < -0.39 is 0 Å². The molecule has 2 aromatic rings. The van der Waals surface area contributed by atoms with Crippen LogP contribution in [0, 0.1) is 6.92 Å². The van der Waals surface area contributed by atoms with Crippen LogP contribution in [0.2, 0.25) is 0 Å². The van der Waals surface area contributed by atoms with Gasteiger partial charge in [-0.3, -0.25) is 4.98 Å². The fraction of sp³-hybridized carbons (Fsp3) is 0.312. The van der Waals surface area contributed by atoms with Crippen LogP contribution >= 0.6 is 0 Å². The van der Waals surface area contributed by atoms with Crippen LogP contribution < -0.4 is 5.32 Å². The van der Waals surface area contributed by atoms with E-state index in [4.69, 9.17) is 5.11 Å². The lowest BCUT2D eigenvalue weighted by Gasteiger charge is -2.07. The Labute approximate surface area is 115 Å². The molecule has 3 nitrogen and oxygen atoms in total. The number of rotatable bonds is 4. The van der Waals surface area contributed by atoms with E-state index >= 15 is 0 Å². The van der Waals surface area contributed by atoms with E-state index in [1.54, 1.807) is 6.20 Å². The number of aliphatic hydroxyl groups is 1. The molecule has 102 valence electrons. The number of benzene rings is 1. The van der Waals surface area contributed by atoms with E-state index in [9.17, 15) is 0 Å². The van der Waals surface area contributed by atoms with Crippen molar-refractivity contribution in [3.63, 3.8) is 0 Å². The van der Waals surface area contributed by atoms with Gasteiger partial charge in [0.25, 0.3) is 0 Å². The third kappa shape index (κ3) is 5.10. The molecule has 3 heteroatoms. The second-order valence-corrected chi connectivity index (χ2v) is 4.05. The van der Waals surface area contributed by atoms with E-state index in [1.807, 2.05) is 51.2 Å². The molecule has 0 amide bonds. The van der Waals surface area contributed by atoms with Crippen molar-refractivity contribution in [1.29, 1.82) is 0 Å². The fourth-order valence-electron chi connectivity index (χ4n) is 1.67. The Kier molecular flexibility index (Phi) is 6.61. The van der Waals surface area contributed by atoms with Gasteiger partial charge in [-0.2, -0.15) is 0 Å². The summed E-state index contributed by atoms with van der Waals surface area (Å²) in [5.74, 6) is 0. The summed E-state index contributed by atoms with van der Waals surface area (Å²) in [6.45, 7) is 6.21. The highest BCUT2D eigenvalue weighted by molar-refractivity contribution is 5.59. The lowest BCUT2D eigenvalue weighted by molar-refractivity contribution is 0.299. The Bertz CT molecular complexity index is 480. The van der Waals surface area contributed by atoms with E-state index in [0.29, 0.717) is 6.42 Å². The minimum atomic E-state index is 0.189. The summed E-state index contributed by atoms with van der Waals surface area (Å²) in [5.41, 5.74) is 4.28. The highest BCUT2D eigenvalue weighted by Gasteiger charge is 1.96. The SMILES string of the molecule is CC.Cc1cncc(Nc2ccc(CCO)cc2)c1. The summed E-state index contributed by atoms with van der Waals surface area (Å²) in [7, 11) is 0. The maximum atomic E-state index is 8.83. The fourth-order valence-corrected chi connectivity index (χ4v) is 1.67. The summed E-state index contributed by atoms with van der Waals surface area (Å²) in [4.78, 5) is 4.13. The van der Waals surface area contributed by atoms with Crippen LogP contribution in [0.1, 0.15) is 25.0 Å². The zero-order valence-electron chi connectivity index (χ0n) is 11.9. The predicted molar refractivity (Wildman–Crippen MR) is 80.8 cm³/mol. The van der Waals surface area contributed by atoms with E-state index in [2.05, 4.69) is 16.4 Å². The van der Waals surface area contributed by atoms with Crippen molar-refractivity contribution in [3.05, 3.63) is 53.9 Å². The number of aromatic nitrogens is 1. The molecule has 0 radical (unpaired) electrons. The molecule has 0 atom stereocenters. The third-order valence-corrected chi connectivity index (χ3v) is 2.52. The van der Waals surface area contributed by atoms with Gasteiger partial charge >= 0.3 is 0 Å². The minimum Gasteiger partial charge on any atom is -0.396 e. The van der Waals surface area contributed by atoms with Crippen LogP contribution in [-0.4, -0.2) is 16.7 Å². The first-order chi connectivity index (χ1) is 9.28. The Morgan fingerprint density at radius 1 is 1.05 bits per heavy atom. The van der Waals surface area contributed by atoms with Gasteiger partial charge in [0.2, 0.25) is 0 Å². The minimum absolute atomic E-state index is 0.189. The lowest BCUT2D eigenvalue weighted by atomic mass is 10.1. The largest absolute Gasteiger partial charge is 0.396 e. The second kappa shape index (κ2) is 8.27. The Morgan fingerprint density at radius 3 is 2.32 bits per heavy atom. The Morgan fingerprint density at radius 2 is 1.74 bits per heavy atom. The average molecular weight is 258 g/mol. The van der Waals surface area contributed by atoms with Crippen LogP contribution in [0.4, 0.5) is 11.4 Å². The van der Waals surface area contributed by atoms with Crippen molar-refractivity contribution in [3.8, 4) is 0 Å². The maximum absolute atomic E-state index is 8.83. The van der Waals surface area contributed by atoms with Crippen LogP contribution in [0.5, 0.6) is 0 Å². The summed E-state index contributed by atoms with van der Waals surface area (Å²) in [6, 6.07) is 10.1. The van der Waals surface area contributed by atoms with Crippen molar-refractivity contribution < 1.29 is 5.11 Å². The number of hydrogen-bond donors (Lipinski definition) is 2. The molecule has 0 bridgehead atoms.